The van der Waals surface area contributed by atoms with Gasteiger partial charge >= 0.3 is 0 Å². The van der Waals surface area contributed by atoms with Crippen LogP contribution in [0.5, 0.6) is 0 Å². The topological polar surface area (TPSA) is 20.2 Å². The number of hydrogen-bond donors (Lipinski definition) is 1. The Morgan fingerprint density at radius 1 is 1.06 bits per heavy atom. The molecule has 1 nitrogen and oxygen atoms in total. The maximum Gasteiger partial charge on any atom is 0.0737 e. The number of rotatable bonds is 4. The van der Waals surface area contributed by atoms with Crippen molar-refractivity contribution in [3.63, 3.8) is 0 Å². The van der Waals surface area contributed by atoms with Gasteiger partial charge in [-0.15, -0.1) is 0 Å². The first-order chi connectivity index (χ1) is 8.57. The monoisotopic (exact) mass is 264 g/mol. The Bertz CT molecular complexity index is 374. The van der Waals surface area contributed by atoms with Crippen LogP contribution in [-0.4, -0.2) is 16.5 Å². The lowest BCUT2D eigenvalue weighted by molar-refractivity contribution is 0.0273. The van der Waals surface area contributed by atoms with Crippen molar-refractivity contribution in [2.24, 2.45) is 0 Å². The van der Waals surface area contributed by atoms with Gasteiger partial charge in [-0.1, -0.05) is 48.6 Å². The third-order valence-electron chi connectivity index (χ3n) is 3.71. The highest BCUT2D eigenvalue weighted by Gasteiger charge is 2.28. The minimum Gasteiger partial charge on any atom is -0.389 e. The van der Waals surface area contributed by atoms with Crippen molar-refractivity contribution in [3.05, 3.63) is 34.9 Å². The van der Waals surface area contributed by atoms with Crippen LogP contribution in [0.3, 0.4) is 0 Å². The van der Waals surface area contributed by atoms with E-state index in [0.29, 0.717) is 0 Å². The minimum atomic E-state index is -0.387. The molecule has 0 amide bonds. The van der Waals surface area contributed by atoms with Gasteiger partial charge in [0, 0.05) is 11.5 Å². The fourth-order valence-corrected chi connectivity index (χ4v) is 4.04. The number of aliphatic hydroxyl groups is 1. The summed E-state index contributed by atoms with van der Waals surface area (Å²) in [6.07, 6.45) is 5.67. The van der Waals surface area contributed by atoms with E-state index in [0.717, 1.165) is 24.3 Å². The molecule has 0 saturated heterocycles. The molecule has 18 heavy (non-hydrogen) atoms. The second kappa shape index (κ2) is 6.12. The predicted molar refractivity (Wildman–Crippen MR) is 80.1 cm³/mol. The summed E-state index contributed by atoms with van der Waals surface area (Å²) in [6, 6.07) is 6.72. The van der Waals surface area contributed by atoms with Gasteiger partial charge in [-0.3, -0.25) is 0 Å². The summed E-state index contributed by atoms with van der Waals surface area (Å²) in [7, 11) is 0. The molecule has 1 fully saturated rings. The molecule has 1 aromatic rings. The maximum absolute atomic E-state index is 10.4. The number of thioether (sulfide) groups is 1. The van der Waals surface area contributed by atoms with Gasteiger partial charge in [0.2, 0.25) is 0 Å². The Morgan fingerprint density at radius 2 is 1.67 bits per heavy atom. The van der Waals surface area contributed by atoms with Gasteiger partial charge in [-0.25, -0.2) is 0 Å². The Morgan fingerprint density at radius 3 is 2.28 bits per heavy atom. The molecule has 0 heterocycles. The molecule has 0 unspecified atom stereocenters. The summed E-state index contributed by atoms with van der Waals surface area (Å²) in [5.41, 5.74) is 3.67. The highest BCUT2D eigenvalue weighted by molar-refractivity contribution is 7.98. The molecule has 1 N–H and O–H groups in total. The van der Waals surface area contributed by atoms with E-state index in [1.54, 1.807) is 0 Å². The van der Waals surface area contributed by atoms with Crippen molar-refractivity contribution in [1.82, 2.24) is 0 Å². The Balaban J connectivity index is 1.84. The van der Waals surface area contributed by atoms with E-state index in [-0.39, 0.29) is 5.60 Å². The number of aryl methyl sites for hydroxylation is 2. The Hall–Kier alpha value is -0.470. The van der Waals surface area contributed by atoms with E-state index in [2.05, 4.69) is 32.0 Å². The largest absolute Gasteiger partial charge is 0.389 e. The van der Waals surface area contributed by atoms with Crippen molar-refractivity contribution >= 4 is 11.8 Å². The van der Waals surface area contributed by atoms with Gasteiger partial charge in [0.05, 0.1) is 5.60 Å². The number of hydrogen-bond acceptors (Lipinski definition) is 2. The van der Waals surface area contributed by atoms with Crippen molar-refractivity contribution in [2.75, 3.05) is 5.75 Å². The van der Waals surface area contributed by atoms with Crippen LogP contribution in [0.4, 0.5) is 0 Å². The third kappa shape index (κ3) is 4.03. The van der Waals surface area contributed by atoms with Crippen molar-refractivity contribution in [2.45, 2.75) is 57.3 Å². The lowest BCUT2D eigenvalue weighted by Gasteiger charge is -2.31. The van der Waals surface area contributed by atoms with Gasteiger partial charge < -0.3 is 5.11 Å². The standard InChI is InChI=1S/C16H24OS/c1-13-8-14(2)10-15(9-13)11-18-12-16(17)6-4-3-5-7-16/h8-10,17H,3-7,11-12H2,1-2H3. The highest BCUT2D eigenvalue weighted by Crippen LogP contribution is 2.32. The second-order valence-electron chi connectivity index (χ2n) is 5.77. The Labute approximate surface area is 115 Å². The number of benzene rings is 1. The average Bonchev–Trinajstić information content (AvgIpc) is 2.28. The highest BCUT2D eigenvalue weighted by atomic mass is 32.2. The van der Waals surface area contributed by atoms with E-state index in [1.807, 2.05) is 11.8 Å². The summed E-state index contributed by atoms with van der Waals surface area (Å²) in [5, 5.41) is 10.4. The Kier molecular flexibility index (Phi) is 4.74. The van der Waals surface area contributed by atoms with Crippen LogP contribution in [-0.2, 0) is 5.75 Å². The first kappa shape index (κ1) is 14.0. The summed E-state index contributed by atoms with van der Waals surface area (Å²) < 4.78 is 0. The van der Waals surface area contributed by atoms with Crippen molar-refractivity contribution in [3.8, 4) is 0 Å². The molecule has 0 radical (unpaired) electrons. The molecule has 2 rings (SSSR count). The van der Waals surface area contributed by atoms with Crippen molar-refractivity contribution in [1.29, 1.82) is 0 Å². The minimum absolute atomic E-state index is 0.387. The SMILES string of the molecule is Cc1cc(C)cc(CSCC2(O)CCCCC2)c1. The van der Waals surface area contributed by atoms with Gasteiger partial charge in [0.15, 0.2) is 0 Å². The van der Waals surface area contributed by atoms with Gasteiger partial charge in [-0.2, -0.15) is 11.8 Å². The third-order valence-corrected chi connectivity index (χ3v) is 4.98. The molecular formula is C16H24OS. The van der Waals surface area contributed by atoms with Crippen LogP contribution in [0, 0.1) is 13.8 Å². The van der Waals surface area contributed by atoms with Crippen LogP contribution in [0.25, 0.3) is 0 Å². The lowest BCUT2D eigenvalue weighted by Crippen LogP contribution is -2.34. The predicted octanol–water partition coefficient (Wildman–Crippen LogP) is 4.23. The zero-order valence-corrected chi connectivity index (χ0v) is 12.4. The molecule has 1 aromatic carbocycles. The van der Waals surface area contributed by atoms with Crippen LogP contribution in [0.1, 0.15) is 48.8 Å². The molecule has 0 aliphatic heterocycles. The first-order valence-corrected chi connectivity index (χ1v) is 8.10. The van der Waals surface area contributed by atoms with Crippen LogP contribution in [0.2, 0.25) is 0 Å². The fourth-order valence-electron chi connectivity index (χ4n) is 2.87. The molecule has 0 atom stereocenters. The van der Waals surface area contributed by atoms with Gasteiger partial charge in [0.25, 0.3) is 0 Å². The molecule has 0 spiro atoms. The van der Waals surface area contributed by atoms with E-state index < -0.39 is 0 Å². The first-order valence-electron chi connectivity index (χ1n) is 6.95. The molecule has 2 heteroatoms. The smallest absolute Gasteiger partial charge is 0.0737 e. The summed E-state index contributed by atoms with van der Waals surface area (Å²) in [4.78, 5) is 0. The van der Waals surface area contributed by atoms with Gasteiger partial charge in [0.1, 0.15) is 0 Å². The van der Waals surface area contributed by atoms with E-state index in [9.17, 15) is 5.11 Å². The second-order valence-corrected chi connectivity index (χ2v) is 6.76. The quantitative estimate of drug-likeness (QED) is 0.878. The van der Waals surface area contributed by atoms with E-state index >= 15 is 0 Å². The summed E-state index contributed by atoms with van der Waals surface area (Å²) in [6.45, 7) is 4.30. The van der Waals surface area contributed by atoms with Crippen LogP contribution < -0.4 is 0 Å². The molecule has 0 bridgehead atoms. The molecule has 0 aromatic heterocycles. The molecule has 1 aliphatic rings. The molecule has 1 saturated carbocycles. The van der Waals surface area contributed by atoms with Crippen LogP contribution in [0.15, 0.2) is 18.2 Å². The normalized spacial score (nSPS) is 18.8. The molecule has 1 aliphatic carbocycles. The van der Waals surface area contributed by atoms with Crippen LogP contribution >= 0.6 is 11.8 Å². The fraction of sp³-hybridized carbons (Fsp3) is 0.625. The van der Waals surface area contributed by atoms with Crippen molar-refractivity contribution < 1.29 is 5.11 Å². The van der Waals surface area contributed by atoms with E-state index in [4.69, 9.17) is 0 Å². The molecule has 100 valence electrons. The van der Waals surface area contributed by atoms with Gasteiger partial charge in [-0.05, 0) is 32.3 Å². The summed E-state index contributed by atoms with van der Waals surface area (Å²) in [5.74, 6) is 1.91. The maximum atomic E-state index is 10.4. The average molecular weight is 264 g/mol. The van der Waals surface area contributed by atoms with E-state index in [1.165, 1.54) is 36.0 Å². The lowest BCUT2D eigenvalue weighted by atomic mass is 9.86. The zero-order chi connectivity index (χ0) is 13.0. The summed E-state index contributed by atoms with van der Waals surface area (Å²) >= 11 is 1.88. The zero-order valence-electron chi connectivity index (χ0n) is 11.5. The molecular weight excluding hydrogens is 240 g/mol.